The normalized spacial score (nSPS) is 17.9. The van der Waals surface area contributed by atoms with E-state index >= 15 is 0 Å². The number of carboxylic acid groups (broad SMARTS) is 1. The first-order valence-electron chi connectivity index (χ1n) is 6.55. The molecule has 1 saturated carbocycles. The van der Waals surface area contributed by atoms with Gasteiger partial charge >= 0.3 is 5.97 Å². The van der Waals surface area contributed by atoms with Crippen molar-refractivity contribution in [3.63, 3.8) is 0 Å². The summed E-state index contributed by atoms with van der Waals surface area (Å²) in [6.07, 6.45) is 6.00. The molecule has 1 aromatic rings. The quantitative estimate of drug-likeness (QED) is 0.860. The molecule has 1 aliphatic carbocycles. The zero-order valence-electron chi connectivity index (χ0n) is 11.1. The lowest BCUT2D eigenvalue weighted by Crippen LogP contribution is -2.51. The molecule has 0 aliphatic heterocycles. The van der Waals surface area contributed by atoms with Gasteiger partial charge in [0.2, 0.25) is 0 Å². The van der Waals surface area contributed by atoms with Gasteiger partial charge in [0.05, 0.1) is 12.0 Å². The summed E-state index contributed by atoms with van der Waals surface area (Å²) in [5.74, 6) is -1.12. The Kier molecular flexibility index (Phi) is 3.87. The van der Waals surface area contributed by atoms with E-state index in [1.165, 1.54) is 4.68 Å². The summed E-state index contributed by atoms with van der Waals surface area (Å²) in [6, 6.07) is 1.63. The second kappa shape index (κ2) is 5.42. The number of carbonyl (C=O) groups is 2. The van der Waals surface area contributed by atoms with E-state index in [1.807, 2.05) is 0 Å². The fourth-order valence-electron chi connectivity index (χ4n) is 2.77. The number of carboxylic acids is 1. The average Bonchev–Trinajstić information content (AvgIpc) is 2.75. The van der Waals surface area contributed by atoms with Crippen molar-refractivity contribution in [1.29, 1.82) is 0 Å². The van der Waals surface area contributed by atoms with Gasteiger partial charge in [-0.15, -0.1) is 0 Å². The Morgan fingerprint density at radius 3 is 2.63 bits per heavy atom. The predicted molar refractivity (Wildman–Crippen MR) is 68.7 cm³/mol. The predicted octanol–water partition coefficient (Wildman–Crippen LogP) is 1.33. The monoisotopic (exact) mass is 265 g/mol. The minimum absolute atomic E-state index is 0.0173. The summed E-state index contributed by atoms with van der Waals surface area (Å²) < 4.78 is 1.49. The van der Waals surface area contributed by atoms with Gasteiger partial charge in [-0.1, -0.05) is 19.3 Å². The number of amides is 1. The fraction of sp³-hybridized carbons (Fsp3) is 0.615. The van der Waals surface area contributed by atoms with Crippen LogP contribution in [0.25, 0.3) is 0 Å². The van der Waals surface area contributed by atoms with Crippen molar-refractivity contribution >= 4 is 11.9 Å². The first-order valence-corrected chi connectivity index (χ1v) is 6.55. The highest BCUT2D eigenvalue weighted by atomic mass is 16.4. The van der Waals surface area contributed by atoms with Crippen molar-refractivity contribution in [3.8, 4) is 0 Å². The molecule has 0 atom stereocenters. The van der Waals surface area contributed by atoms with Gasteiger partial charge in [0.1, 0.15) is 5.69 Å². The Morgan fingerprint density at radius 2 is 2.11 bits per heavy atom. The number of nitrogens with one attached hydrogen (secondary N) is 1. The molecule has 0 bridgehead atoms. The van der Waals surface area contributed by atoms with Gasteiger partial charge in [-0.3, -0.25) is 14.3 Å². The molecule has 104 valence electrons. The van der Waals surface area contributed by atoms with Gasteiger partial charge in [0, 0.05) is 13.2 Å². The van der Waals surface area contributed by atoms with Gasteiger partial charge in [-0.05, 0) is 18.9 Å². The molecule has 0 aromatic carbocycles. The van der Waals surface area contributed by atoms with Crippen LogP contribution in [0.1, 0.15) is 49.0 Å². The molecule has 1 heterocycles. The Hall–Kier alpha value is -1.85. The largest absolute Gasteiger partial charge is 0.481 e. The van der Waals surface area contributed by atoms with Crippen LogP contribution in [0.5, 0.6) is 0 Å². The fourth-order valence-corrected chi connectivity index (χ4v) is 2.77. The first kappa shape index (κ1) is 13.6. The standard InChI is InChI=1S/C13H19N3O3/c1-16-10(5-8-14-16)12(19)15-13(9-11(17)18)6-3-2-4-7-13/h5,8H,2-4,6-7,9H2,1H3,(H,15,19)(H,17,18). The zero-order valence-corrected chi connectivity index (χ0v) is 11.1. The molecule has 0 saturated heterocycles. The van der Waals surface area contributed by atoms with Crippen LogP contribution in [0.2, 0.25) is 0 Å². The molecule has 1 amide bonds. The van der Waals surface area contributed by atoms with Crippen LogP contribution in [0.3, 0.4) is 0 Å². The molecule has 1 aliphatic rings. The minimum Gasteiger partial charge on any atom is -0.481 e. The summed E-state index contributed by atoms with van der Waals surface area (Å²) in [5, 5.41) is 15.9. The lowest BCUT2D eigenvalue weighted by atomic mass is 9.79. The van der Waals surface area contributed by atoms with Crippen LogP contribution in [0.4, 0.5) is 0 Å². The van der Waals surface area contributed by atoms with Crippen molar-refractivity contribution in [1.82, 2.24) is 15.1 Å². The number of aryl methyl sites for hydroxylation is 1. The van der Waals surface area contributed by atoms with Crippen molar-refractivity contribution in [2.45, 2.75) is 44.1 Å². The van der Waals surface area contributed by atoms with Crippen LogP contribution < -0.4 is 5.32 Å². The number of hydrogen-bond donors (Lipinski definition) is 2. The lowest BCUT2D eigenvalue weighted by Gasteiger charge is -2.36. The molecular weight excluding hydrogens is 246 g/mol. The third-order valence-electron chi connectivity index (χ3n) is 3.73. The van der Waals surface area contributed by atoms with Gasteiger partial charge in [-0.2, -0.15) is 5.10 Å². The summed E-state index contributed by atoms with van der Waals surface area (Å²) >= 11 is 0. The Balaban J connectivity index is 2.14. The van der Waals surface area contributed by atoms with Crippen LogP contribution in [-0.4, -0.2) is 32.3 Å². The molecule has 6 heteroatoms. The maximum absolute atomic E-state index is 12.2. The second-order valence-electron chi connectivity index (χ2n) is 5.21. The van der Waals surface area contributed by atoms with Crippen LogP contribution >= 0.6 is 0 Å². The third-order valence-corrected chi connectivity index (χ3v) is 3.73. The molecule has 0 radical (unpaired) electrons. The average molecular weight is 265 g/mol. The number of aliphatic carboxylic acids is 1. The summed E-state index contributed by atoms with van der Waals surface area (Å²) in [4.78, 5) is 23.3. The number of rotatable bonds is 4. The maximum Gasteiger partial charge on any atom is 0.305 e. The molecule has 0 spiro atoms. The van der Waals surface area contributed by atoms with E-state index < -0.39 is 11.5 Å². The maximum atomic E-state index is 12.2. The van der Waals surface area contributed by atoms with Gasteiger partial charge < -0.3 is 10.4 Å². The van der Waals surface area contributed by atoms with Crippen molar-refractivity contribution < 1.29 is 14.7 Å². The SMILES string of the molecule is Cn1nccc1C(=O)NC1(CC(=O)O)CCCCC1. The number of nitrogens with zero attached hydrogens (tertiary/aromatic N) is 2. The number of carbonyl (C=O) groups excluding carboxylic acids is 1. The smallest absolute Gasteiger partial charge is 0.305 e. The Bertz CT molecular complexity index is 475. The highest BCUT2D eigenvalue weighted by molar-refractivity contribution is 5.93. The van der Waals surface area contributed by atoms with E-state index in [0.29, 0.717) is 5.69 Å². The lowest BCUT2D eigenvalue weighted by molar-refractivity contribution is -0.139. The Labute approximate surface area is 111 Å². The highest BCUT2D eigenvalue weighted by Gasteiger charge is 2.36. The van der Waals surface area contributed by atoms with Crippen LogP contribution in [0, 0.1) is 0 Å². The van der Waals surface area contributed by atoms with Crippen LogP contribution in [0.15, 0.2) is 12.3 Å². The van der Waals surface area contributed by atoms with Crippen LogP contribution in [-0.2, 0) is 11.8 Å². The molecule has 0 unspecified atom stereocenters. The van der Waals surface area contributed by atoms with Gasteiger partial charge in [0.15, 0.2) is 0 Å². The number of hydrogen-bond acceptors (Lipinski definition) is 3. The van der Waals surface area contributed by atoms with Crippen molar-refractivity contribution in [2.24, 2.45) is 7.05 Å². The number of aromatic nitrogens is 2. The molecule has 1 aromatic heterocycles. The molecule has 6 nitrogen and oxygen atoms in total. The third kappa shape index (κ3) is 3.13. The zero-order chi connectivity index (χ0) is 13.9. The molecular formula is C13H19N3O3. The molecule has 2 rings (SSSR count). The summed E-state index contributed by atoms with van der Waals surface area (Å²) in [5.41, 5.74) is -0.152. The van der Waals surface area contributed by atoms with E-state index in [0.717, 1.165) is 32.1 Å². The van der Waals surface area contributed by atoms with E-state index in [4.69, 9.17) is 5.11 Å². The molecule has 19 heavy (non-hydrogen) atoms. The second-order valence-corrected chi connectivity index (χ2v) is 5.21. The van der Waals surface area contributed by atoms with Crippen molar-refractivity contribution in [2.75, 3.05) is 0 Å². The van der Waals surface area contributed by atoms with Gasteiger partial charge in [0.25, 0.3) is 5.91 Å². The summed E-state index contributed by atoms with van der Waals surface area (Å²) in [6.45, 7) is 0. The first-order chi connectivity index (χ1) is 9.02. The highest BCUT2D eigenvalue weighted by Crippen LogP contribution is 2.31. The molecule has 2 N–H and O–H groups in total. The van der Waals surface area contributed by atoms with E-state index in [2.05, 4.69) is 10.4 Å². The van der Waals surface area contributed by atoms with Crippen molar-refractivity contribution in [3.05, 3.63) is 18.0 Å². The van der Waals surface area contributed by atoms with E-state index in [9.17, 15) is 9.59 Å². The topological polar surface area (TPSA) is 84.2 Å². The van der Waals surface area contributed by atoms with Gasteiger partial charge in [-0.25, -0.2) is 0 Å². The Morgan fingerprint density at radius 1 is 1.42 bits per heavy atom. The summed E-state index contributed by atoms with van der Waals surface area (Å²) in [7, 11) is 1.69. The minimum atomic E-state index is -0.868. The molecule has 1 fully saturated rings. The van der Waals surface area contributed by atoms with E-state index in [1.54, 1.807) is 19.3 Å². The van der Waals surface area contributed by atoms with E-state index in [-0.39, 0.29) is 12.3 Å².